The van der Waals surface area contributed by atoms with Gasteiger partial charge in [-0.3, -0.25) is 0 Å². The average Bonchev–Trinajstić information content (AvgIpc) is 2.64. The van der Waals surface area contributed by atoms with Gasteiger partial charge >= 0.3 is 0 Å². The van der Waals surface area contributed by atoms with Crippen LogP contribution in [0.4, 0.5) is 0 Å². The molecule has 128 valence electrons. The van der Waals surface area contributed by atoms with E-state index in [-0.39, 0.29) is 0 Å². The highest BCUT2D eigenvalue weighted by Crippen LogP contribution is 2.27. The van der Waals surface area contributed by atoms with Crippen LogP contribution in [0.1, 0.15) is 30.7 Å². The van der Waals surface area contributed by atoms with Crippen molar-refractivity contribution >= 4 is 11.6 Å². The molecule has 0 aliphatic carbocycles. The molecule has 1 aliphatic heterocycles. The fraction of sp³-hybridized carbons (Fsp3) is 0.400. The second kappa shape index (κ2) is 8.95. The normalized spacial score (nSPS) is 15.2. The molecule has 1 fully saturated rings. The monoisotopic (exact) mass is 345 g/mol. The lowest BCUT2D eigenvalue weighted by atomic mass is 9.90. The Hall–Kier alpha value is -1.71. The van der Waals surface area contributed by atoms with Crippen molar-refractivity contribution in [3.63, 3.8) is 0 Å². The Morgan fingerprint density at radius 2 is 1.62 bits per heavy atom. The van der Waals surface area contributed by atoms with Gasteiger partial charge in [0.15, 0.2) is 0 Å². The van der Waals surface area contributed by atoms with Crippen LogP contribution < -0.4 is 14.8 Å². The molecule has 0 amide bonds. The summed E-state index contributed by atoms with van der Waals surface area (Å²) in [7, 11) is 0. The molecule has 0 saturated carbocycles. The van der Waals surface area contributed by atoms with Crippen molar-refractivity contribution in [2.45, 2.75) is 25.2 Å². The molecule has 3 rings (SSSR count). The fourth-order valence-corrected chi connectivity index (χ4v) is 3.17. The van der Waals surface area contributed by atoms with Crippen LogP contribution in [0.15, 0.2) is 48.5 Å². The van der Waals surface area contributed by atoms with E-state index in [1.165, 1.54) is 18.4 Å². The zero-order chi connectivity index (χ0) is 16.6. The highest BCUT2D eigenvalue weighted by atomic mass is 35.5. The van der Waals surface area contributed by atoms with Crippen molar-refractivity contribution in [3.05, 3.63) is 59.1 Å². The number of rotatable bonds is 7. The van der Waals surface area contributed by atoms with Crippen LogP contribution in [0.3, 0.4) is 0 Å². The van der Waals surface area contributed by atoms with Crippen molar-refractivity contribution < 1.29 is 9.47 Å². The number of para-hydroxylation sites is 1. The van der Waals surface area contributed by atoms with Crippen molar-refractivity contribution in [1.82, 2.24) is 5.32 Å². The summed E-state index contributed by atoms with van der Waals surface area (Å²) in [5.74, 6) is 2.33. The summed E-state index contributed by atoms with van der Waals surface area (Å²) in [4.78, 5) is 0. The molecule has 1 saturated heterocycles. The molecule has 0 unspecified atom stereocenters. The lowest BCUT2D eigenvalue weighted by molar-refractivity contribution is 0.247. The highest BCUT2D eigenvalue weighted by molar-refractivity contribution is 6.32. The molecule has 1 aliphatic rings. The minimum absolute atomic E-state index is 0.594. The van der Waals surface area contributed by atoms with Crippen LogP contribution in [0.5, 0.6) is 11.5 Å². The molecule has 4 heteroatoms. The van der Waals surface area contributed by atoms with Crippen LogP contribution in [-0.2, 0) is 0 Å². The minimum Gasteiger partial charge on any atom is -0.493 e. The Morgan fingerprint density at radius 1 is 0.917 bits per heavy atom. The van der Waals surface area contributed by atoms with Crippen LogP contribution in [0, 0.1) is 0 Å². The first-order valence-electron chi connectivity index (χ1n) is 8.64. The summed E-state index contributed by atoms with van der Waals surface area (Å²) in [6.07, 6.45) is 3.26. The topological polar surface area (TPSA) is 30.5 Å². The van der Waals surface area contributed by atoms with Gasteiger partial charge in [-0.25, -0.2) is 0 Å². The second-order valence-corrected chi connectivity index (χ2v) is 6.48. The van der Waals surface area contributed by atoms with Crippen LogP contribution in [0.25, 0.3) is 0 Å². The Labute approximate surface area is 148 Å². The molecule has 1 N–H and O–H groups in total. The molecule has 0 spiro atoms. The number of nitrogens with one attached hydrogen (secondary N) is 1. The molecule has 3 nitrogen and oxygen atoms in total. The van der Waals surface area contributed by atoms with Gasteiger partial charge in [-0.05, 0) is 61.7 Å². The molecular weight excluding hydrogens is 322 g/mol. The predicted octanol–water partition coefficient (Wildman–Crippen LogP) is 4.65. The summed E-state index contributed by atoms with van der Waals surface area (Å²) in [5, 5.41) is 4.05. The fourth-order valence-electron chi connectivity index (χ4n) is 2.98. The van der Waals surface area contributed by atoms with E-state index in [0.717, 1.165) is 31.0 Å². The summed E-state index contributed by atoms with van der Waals surface area (Å²) in [6.45, 7) is 3.47. The largest absolute Gasteiger partial charge is 0.493 e. The number of benzene rings is 2. The maximum absolute atomic E-state index is 6.05. The quantitative estimate of drug-likeness (QED) is 0.740. The summed E-state index contributed by atoms with van der Waals surface area (Å²) in [5.41, 5.74) is 1.42. The van der Waals surface area contributed by atoms with Gasteiger partial charge in [-0.15, -0.1) is 0 Å². The number of hydrogen-bond acceptors (Lipinski definition) is 3. The Kier molecular flexibility index (Phi) is 6.39. The van der Waals surface area contributed by atoms with Gasteiger partial charge in [0.1, 0.15) is 11.5 Å². The Balaban J connectivity index is 1.38. The summed E-state index contributed by atoms with van der Waals surface area (Å²) >= 11 is 6.05. The van der Waals surface area contributed by atoms with Crippen LogP contribution in [-0.4, -0.2) is 26.3 Å². The molecule has 0 aromatic heterocycles. The van der Waals surface area contributed by atoms with Gasteiger partial charge in [-0.2, -0.15) is 0 Å². The van der Waals surface area contributed by atoms with Gasteiger partial charge in [0.25, 0.3) is 0 Å². The van der Waals surface area contributed by atoms with Gasteiger partial charge in [0.05, 0.1) is 18.2 Å². The third-order valence-corrected chi connectivity index (χ3v) is 4.65. The van der Waals surface area contributed by atoms with Crippen molar-refractivity contribution in [1.29, 1.82) is 0 Å². The Bertz CT molecular complexity index is 624. The first kappa shape index (κ1) is 17.1. The van der Waals surface area contributed by atoms with Gasteiger partial charge in [-0.1, -0.05) is 35.9 Å². The number of hydrogen-bond donors (Lipinski definition) is 1. The lowest BCUT2D eigenvalue weighted by Gasteiger charge is -2.23. The van der Waals surface area contributed by atoms with Gasteiger partial charge < -0.3 is 14.8 Å². The van der Waals surface area contributed by atoms with E-state index in [2.05, 4.69) is 29.6 Å². The zero-order valence-electron chi connectivity index (χ0n) is 13.8. The van der Waals surface area contributed by atoms with Crippen molar-refractivity contribution in [2.24, 2.45) is 0 Å². The Morgan fingerprint density at radius 3 is 2.38 bits per heavy atom. The SMILES string of the molecule is Clc1ccccc1OCCCOc1ccc(C2CCNCC2)cc1. The predicted molar refractivity (Wildman–Crippen MR) is 98.3 cm³/mol. The first-order chi connectivity index (χ1) is 11.8. The van der Waals surface area contributed by atoms with Crippen molar-refractivity contribution in [3.8, 4) is 11.5 Å². The van der Waals surface area contributed by atoms with E-state index < -0.39 is 0 Å². The van der Waals surface area contributed by atoms with Crippen molar-refractivity contribution in [2.75, 3.05) is 26.3 Å². The molecule has 1 heterocycles. The zero-order valence-corrected chi connectivity index (χ0v) is 14.6. The summed E-state index contributed by atoms with van der Waals surface area (Å²) < 4.78 is 11.4. The number of halogens is 1. The molecule has 2 aromatic carbocycles. The molecule has 2 aromatic rings. The van der Waals surface area contributed by atoms with Crippen LogP contribution >= 0.6 is 11.6 Å². The van der Waals surface area contributed by atoms with E-state index >= 15 is 0 Å². The molecular formula is C20H24ClNO2. The van der Waals surface area contributed by atoms with E-state index in [9.17, 15) is 0 Å². The third-order valence-electron chi connectivity index (χ3n) is 4.34. The summed E-state index contributed by atoms with van der Waals surface area (Å²) in [6, 6.07) is 16.1. The average molecular weight is 346 g/mol. The lowest BCUT2D eigenvalue weighted by Crippen LogP contribution is -2.26. The highest BCUT2D eigenvalue weighted by Gasteiger charge is 2.14. The van der Waals surface area contributed by atoms with E-state index in [1.807, 2.05) is 24.3 Å². The maximum Gasteiger partial charge on any atom is 0.137 e. The molecule has 24 heavy (non-hydrogen) atoms. The van der Waals surface area contributed by atoms with Gasteiger partial charge in [0.2, 0.25) is 0 Å². The smallest absolute Gasteiger partial charge is 0.137 e. The molecule has 0 atom stereocenters. The van der Waals surface area contributed by atoms with E-state index in [1.54, 1.807) is 0 Å². The third kappa shape index (κ3) is 4.89. The molecule has 0 bridgehead atoms. The number of ether oxygens (including phenoxy) is 2. The van der Waals surface area contributed by atoms with Crippen LogP contribution in [0.2, 0.25) is 5.02 Å². The second-order valence-electron chi connectivity index (χ2n) is 6.07. The van der Waals surface area contributed by atoms with Gasteiger partial charge in [0, 0.05) is 6.42 Å². The standard InChI is InChI=1S/C20H24ClNO2/c21-19-4-1-2-5-20(19)24-15-3-14-23-18-8-6-16(7-9-18)17-10-12-22-13-11-17/h1-2,4-9,17,22H,3,10-15H2. The maximum atomic E-state index is 6.05. The van der Waals surface area contributed by atoms with E-state index in [4.69, 9.17) is 21.1 Å². The molecule has 0 radical (unpaired) electrons. The first-order valence-corrected chi connectivity index (χ1v) is 9.01. The van der Waals surface area contributed by atoms with E-state index in [0.29, 0.717) is 24.2 Å². The number of piperidine rings is 1. The minimum atomic E-state index is 0.594.